The third-order valence-corrected chi connectivity index (χ3v) is 6.96. The van der Waals surface area contributed by atoms with Crippen LogP contribution in [0.4, 0.5) is 5.69 Å². The normalized spacial score (nSPS) is 13.7. The summed E-state index contributed by atoms with van der Waals surface area (Å²) in [6, 6.07) is 10.4. The van der Waals surface area contributed by atoms with Gasteiger partial charge in [-0.2, -0.15) is 4.31 Å². The molecule has 2 aromatic carbocycles. The molecule has 6 nitrogen and oxygen atoms in total. The number of carbonyl (C=O) groups is 1. The summed E-state index contributed by atoms with van der Waals surface area (Å²) >= 11 is 3.43. The lowest BCUT2D eigenvalue weighted by molar-refractivity contribution is -0.118. The highest BCUT2D eigenvalue weighted by molar-refractivity contribution is 9.10. The Morgan fingerprint density at radius 2 is 2.00 bits per heavy atom. The first-order valence-corrected chi connectivity index (χ1v) is 10.7. The Morgan fingerprint density at radius 1 is 1.26 bits per heavy atom. The number of hydrogen-bond donors (Lipinski definition) is 0. The lowest BCUT2D eigenvalue weighted by atomic mass is 10.2. The first-order chi connectivity index (χ1) is 12.7. The van der Waals surface area contributed by atoms with Gasteiger partial charge in [-0.15, -0.1) is 0 Å². The zero-order valence-electron chi connectivity index (χ0n) is 15.4. The molecular weight excluding hydrogens is 432 g/mol. The van der Waals surface area contributed by atoms with E-state index < -0.39 is 10.0 Å². The molecular formula is C19H21BrN2O4S. The van der Waals surface area contributed by atoms with Gasteiger partial charge in [0.05, 0.1) is 18.6 Å². The molecule has 0 aliphatic carbocycles. The van der Waals surface area contributed by atoms with Gasteiger partial charge in [0.25, 0.3) is 0 Å². The van der Waals surface area contributed by atoms with E-state index in [1.54, 1.807) is 24.0 Å². The number of anilines is 1. The van der Waals surface area contributed by atoms with Crippen molar-refractivity contribution in [1.82, 2.24) is 4.31 Å². The minimum atomic E-state index is -3.77. The van der Waals surface area contributed by atoms with Crippen LogP contribution in [0, 0.1) is 6.92 Å². The second kappa shape index (κ2) is 7.61. The number of ether oxygens (including phenoxy) is 1. The van der Waals surface area contributed by atoms with Gasteiger partial charge in [-0.05, 0) is 60.9 Å². The van der Waals surface area contributed by atoms with Gasteiger partial charge in [-0.25, -0.2) is 8.42 Å². The van der Waals surface area contributed by atoms with Crippen LogP contribution in [0.2, 0.25) is 0 Å². The number of rotatable bonds is 5. The Balaban J connectivity index is 1.78. The Bertz CT molecular complexity index is 991. The number of benzene rings is 2. The fourth-order valence-corrected chi connectivity index (χ4v) is 4.80. The fraction of sp³-hybridized carbons (Fsp3) is 0.316. The Hall–Kier alpha value is -1.90. The van der Waals surface area contributed by atoms with E-state index in [2.05, 4.69) is 15.9 Å². The van der Waals surface area contributed by atoms with Crippen molar-refractivity contribution >= 4 is 37.5 Å². The van der Waals surface area contributed by atoms with Crippen LogP contribution in [0.3, 0.4) is 0 Å². The Kier molecular flexibility index (Phi) is 5.60. The smallest absolute Gasteiger partial charge is 0.243 e. The first kappa shape index (κ1) is 19.9. The van der Waals surface area contributed by atoms with Crippen molar-refractivity contribution in [2.24, 2.45) is 0 Å². The number of nitrogens with zero attached hydrogens (tertiary/aromatic N) is 2. The number of amides is 1. The molecule has 27 heavy (non-hydrogen) atoms. The quantitative estimate of drug-likeness (QED) is 0.699. The highest BCUT2D eigenvalue weighted by Crippen LogP contribution is 2.31. The van der Waals surface area contributed by atoms with Gasteiger partial charge in [0.15, 0.2) is 0 Å². The number of aryl methyl sites for hydroxylation is 1. The molecule has 3 rings (SSSR count). The van der Waals surface area contributed by atoms with Crippen LogP contribution in [0.15, 0.2) is 45.8 Å². The summed E-state index contributed by atoms with van der Waals surface area (Å²) < 4.78 is 32.9. The molecule has 0 bridgehead atoms. The van der Waals surface area contributed by atoms with Crippen LogP contribution in [0.1, 0.15) is 11.1 Å². The molecule has 0 atom stereocenters. The third-order valence-electron chi connectivity index (χ3n) is 4.67. The van der Waals surface area contributed by atoms with Gasteiger partial charge in [0, 0.05) is 23.8 Å². The molecule has 144 valence electrons. The van der Waals surface area contributed by atoms with Crippen molar-refractivity contribution < 1.29 is 17.9 Å². The van der Waals surface area contributed by atoms with Gasteiger partial charge in [-0.1, -0.05) is 15.9 Å². The summed E-state index contributed by atoms with van der Waals surface area (Å²) in [4.78, 5) is 14.5. The lowest BCUT2D eigenvalue weighted by Gasteiger charge is -2.22. The number of sulfonamides is 1. The number of carbonyl (C=O) groups excluding carboxylic acids is 1. The average Bonchev–Trinajstić information content (AvgIpc) is 3.04. The molecule has 0 radical (unpaired) electrons. The molecule has 2 aromatic rings. The second-order valence-corrected chi connectivity index (χ2v) is 9.42. The summed E-state index contributed by atoms with van der Waals surface area (Å²) in [5.41, 5.74) is 2.64. The minimum absolute atomic E-state index is 0.141. The van der Waals surface area contributed by atoms with E-state index in [0.717, 1.165) is 32.0 Å². The molecule has 1 aliphatic heterocycles. The SMILES string of the molecule is COc1ccc(S(=O)(=O)N(C)CC(=O)N2CCc3cc(Br)ccc32)cc1C. The summed E-state index contributed by atoms with van der Waals surface area (Å²) in [7, 11) is -0.815. The largest absolute Gasteiger partial charge is 0.496 e. The molecule has 8 heteroatoms. The van der Waals surface area contributed by atoms with Crippen LogP contribution in [-0.4, -0.2) is 45.9 Å². The van der Waals surface area contributed by atoms with Gasteiger partial charge in [0.2, 0.25) is 15.9 Å². The van der Waals surface area contributed by atoms with Gasteiger partial charge in [0.1, 0.15) is 5.75 Å². The van der Waals surface area contributed by atoms with Crippen LogP contribution in [0.25, 0.3) is 0 Å². The molecule has 0 fully saturated rings. The molecule has 0 unspecified atom stereocenters. The topological polar surface area (TPSA) is 66.9 Å². The van der Waals surface area contributed by atoms with E-state index >= 15 is 0 Å². The summed E-state index contributed by atoms with van der Waals surface area (Å²) in [5, 5.41) is 0. The highest BCUT2D eigenvalue weighted by atomic mass is 79.9. The maximum atomic E-state index is 12.8. The monoisotopic (exact) mass is 452 g/mol. The minimum Gasteiger partial charge on any atom is -0.496 e. The number of halogens is 1. The second-order valence-electron chi connectivity index (χ2n) is 6.46. The van der Waals surface area contributed by atoms with Crippen molar-refractivity contribution in [3.05, 3.63) is 52.0 Å². The van der Waals surface area contributed by atoms with Crippen molar-refractivity contribution in [1.29, 1.82) is 0 Å². The number of fused-ring (bicyclic) bond motifs is 1. The Morgan fingerprint density at radius 3 is 2.67 bits per heavy atom. The van der Waals surface area contributed by atoms with Crippen LogP contribution in [0.5, 0.6) is 5.75 Å². The standard InChI is InChI=1S/C19H21BrN2O4S/c1-13-10-16(5-7-18(13)26-3)27(24,25)21(2)12-19(23)22-9-8-14-11-15(20)4-6-17(14)22/h4-7,10-11H,8-9,12H2,1-3H3. The predicted octanol–water partition coefficient (Wildman–Crippen LogP) is 2.98. The highest BCUT2D eigenvalue weighted by Gasteiger charge is 2.29. The van der Waals surface area contributed by atoms with E-state index in [1.807, 2.05) is 18.2 Å². The fourth-order valence-electron chi connectivity index (χ4n) is 3.18. The summed E-state index contributed by atoms with van der Waals surface area (Å²) in [6.07, 6.45) is 0.759. The molecule has 1 aliphatic rings. The maximum absolute atomic E-state index is 12.8. The number of likely N-dealkylation sites (N-methyl/N-ethyl adjacent to an activating group) is 1. The van der Waals surface area contributed by atoms with Crippen molar-refractivity contribution in [3.63, 3.8) is 0 Å². The Labute approximate surface area is 167 Å². The lowest BCUT2D eigenvalue weighted by Crippen LogP contribution is -2.40. The van der Waals surface area contributed by atoms with E-state index in [4.69, 9.17) is 4.74 Å². The van der Waals surface area contributed by atoms with Crippen LogP contribution in [-0.2, 0) is 21.2 Å². The molecule has 1 amide bonds. The molecule has 0 aromatic heterocycles. The van der Waals surface area contributed by atoms with Crippen molar-refractivity contribution in [2.45, 2.75) is 18.2 Å². The molecule has 0 spiro atoms. The van der Waals surface area contributed by atoms with Crippen LogP contribution < -0.4 is 9.64 Å². The van der Waals surface area contributed by atoms with E-state index in [9.17, 15) is 13.2 Å². The average molecular weight is 453 g/mol. The van der Waals surface area contributed by atoms with Gasteiger partial charge in [-0.3, -0.25) is 4.79 Å². The summed E-state index contributed by atoms with van der Waals surface area (Å²) in [6.45, 7) is 2.12. The van der Waals surface area contributed by atoms with E-state index in [0.29, 0.717) is 12.3 Å². The van der Waals surface area contributed by atoms with Gasteiger partial charge >= 0.3 is 0 Å². The first-order valence-electron chi connectivity index (χ1n) is 8.44. The number of methoxy groups -OCH3 is 1. The molecule has 0 N–H and O–H groups in total. The molecule has 1 heterocycles. The summed E-state index contributed by atoms with van der Waals surface area (Å²) in [5.74, 6) is 0.375. The zero-order chi connectivity index (χ0) is 19.8. The van der Waals surface area contributed by atoms with Crippen LogP contribution >= 0.6 is 15.9 Å². The predicted molar refractivity (Wildman–Crippen MR) is 108 cm³/mol. The van der Waals surface area contributed by atoms with Crippen molar-refractivity contribution in [2.75, 3.05) is 32.1 Å². The zero-order valence-corrected chi connectivity index (χ0v) is 17.8. The van der Waals surface area contributed by atoms with Crippen molar-refractivity contribution in [3.8, 4) is 5.75 Å². The van der Waals surface area contributed by atoms with E-state index in [-0.39, 0.29) is 17.3 Å². The maximum Gasteiger partial charge on any atom is 0.243 e. The third kappa shape index (κ3) is 3.88. The molecule has 0 saturated carbocycles. The van der Waals surface area contributed by atoms with E-state index in [1.165, 1.54) is 20.2 Å². The van der Waals surface area contributed by atoms with Gasteiger partial charge < -0.3 is 9.64 Å². The molecule has 0 saturated heterocycles. The number of hydrogen-bond acceptors (Lipinski definition) is 4.